The van der Waals surface area contributed by atoms with Crippen LogP contribution >= 0.6 is 0 Å². The summed E-state index contributed by atoms with van der Waals surface area (Å²) in [6.07, 6.45) is 7.39. The number of nitrogens with zero attached hydrogens (tertiary/aromatic N) is 3. The number of hydrogen-bond acceptors (Lipinski definition) is 5. The summed E-state index contributed by atoms with van der Waals surface area (Å²) < 4.78 is 0. The molecule has 0 spiro atoms. The maximum Gasteiger partial charge on any atom is 0.238 e. The van der Waals surface area contributed by atoms with Crippen LogP contribution in [0.5, 0.6) is 0 Å². The third kappa shape index (κ3) is 3.30. The molecule has 0 aromatic carbocycles. The summed E-state index contributed by atoms with van der Waals surface area (Å²) in [5, 5.41) is 0. The molecule has 3 fully saturated rings. The SMILES string of the molecule is NC(=O)C1(C(=O)N2CCC3C2C(=O)CN3C(=O)Cc2cccnc2)CCCCC1. The number of carbonyl (C=O) groups is 4. The van der Waals surface area contributed by atoms with E-state index in [4.69, 9.17) is 5.73 Å². The fourth-order valence-electron chi connectivity index (χ4n) is 5.15. The van der Waals surface area contributed by atoms with Crippen LogP contribution in [0, 0.1) is 5.41 Å². The van der Waals surface area contributed by atoms with Crippen LogP contribution in [0.15, 0.2) is 24.5 Å². The Bertz CT molecular complexity index is 834. The number of nitrogens with two attached hydrogens (primary N) is 1. The average Bonchev–Trinajstić information content (AvgIpc) is 3.30. The average molecular weight is 398 g/mol. The van der Waals surface area contributed by atoms with E-state index in [1.165, 1.54) is 4.90 Å². The van der Waals surface area contributed by atoms with Gasteiger partial charge in [-0.1, -0.05) is 25.3 Å². The van der Waals surface area contributed by atoms with Crippen LogP contribution in [0.3, 0.4) is 0 Å². The van der Waals surface area contributed by atoms with Crippen LogP contribution in [0.25, 0.3) is 0 Å². The molecule has 29 heavy (non-hydrogen) atoms. The maximum absolute atomic E-state index is 13.4. The molecular formula is C21H26N4O4. The van der Waals surface area contributed by atoms with Gasteiger partial charge < -0.3 is 15.5 Å². The Morgan fingerprint density at radius 2 is 1.93 bits per heavy atom. The monoisotopic (exact) mass is 398 g/mol. The number of aromatic nitrogens is 1. The first-order valence-corrected chi connectivity index (χ1v) is 10.3. The highest BCUT2D eigenvalue weighted by Crippen LogP contribution is 2.41. The predicted molar refractivity (Wildman–Crippen MR) is 103 cm³/mol. The van der Waals surface area contributed by atoms with Crippen LogP contribution in [0.1, 0.15) is 44.1 Å². The summed E-state index contributed by atoms with van der Waals surface area (Å²) in [5.41, 5.74) is 5.24. The molecule has 1 aromatic heterocycles. The molecule has 8 heteroatoms. The number of Topliss-reactive ketones (excluding diaryl/α,β-unsaturated/α-hetero) is 1. The lowest BCUT2D eigenvalue weighted by Crippen LogP contribution is -2.55. The van der Waals surface area contributed by atoms with Crippen molar-refractivity contribution in [1.29, 1.82) is 0 Å². The molecule has 2 N–H and O–H groups in total. The molecule has 0 bridgehead atoms. The number of likely N-dealkylation sites (tertiary alicyclic amines) is 2. The third-order valence-corrected chi connectivity index (χ3v) is 6.67. The molecule has 2 unspecified atom stereocenters. The minimum Gasteiger partial charge on any atom is -0.369 e. The highest BCUT2D eigenvalue weighted by atomic mass is 16.2. The quantitative estimate of drug-likeness (QED) is 0.740. The van der Waals surface area contributed by atoms with Gasteiger partial charge in [-0.15, -0.1) is 0 Å². The number of ketones is 1. The number of primary amides is 1. The van der Waals surface area contributed by atoms with Crippen molar-refractivity contribution in [2.45, 2.75) is 57.0 Å². The topological polar surface area (TPSA) is 114 Å². The maximum atomic E-state index is 13.4. The number of pyridine rings is 1. The Balaban J connectivity index is 1.52. The molecule has 2 saturated heterocycles. The molecule has 1 aromatic rings. The second kappa shape index (κ2) is 7.57. The van der Waals surface area contributed by atoms with Crippen molar-refractivity contribution in [3.63, 3.8) is 0 Å². The Morgan fingerprint density at radius 3 is 2.59 bits per heavy atom. The molecule has 3 aliphatic rings. The fraction of sp³-hybridized carbons (Fsp3) is 0.571. The molecular weight excluding hydrogens is 372 g/mol. The fourth-order valence-corrected chi connectivity index (χ4v) is 5.15. The highest BCUT2D eigenvalue weighted by Gasteiger charge is 2.56. The lowest BCUT2D eigenvalue weighted by atomic mass is 9.72. The number of fused-ring (bicyclic) bond motifs is 1. The van der Waals surface area contributed by atoms with Gasteiger partial charge in [0.25, 0.3) is 0 Å². The van der Waals surface area contributed by atoms with E-state index in [-0.39, 0.29) is 36.6 Å². The Kier molecular flexibility index (Phi) is 5.10. The van der Waals surface area contributed by atoms with Crippen LogP contribution in [-0.2, 0) is 25.6 Å². The molecule has 3 heterocycles. The standard InChI is InChI=1S/C21H26N4O4/c22-19(28)21(7-2-1-3-8-21)20(29)24-10-6-15-18(24)16(26)13-25(15)17(27)11-14-5-4-9-23-12-14/h4-5,9,12,15,18H,1-3,6-8,10-11,13H2,(H2,22,28). The largest absolute Gasteiger partial charge is 0.369 e. The summed E-state index contributed by atoms with van der Waals surface area (Å²) in [4.78, 5) is 58.4. The van der Waals surface area contributed by atoms with Gasteiger partial charge >= 0.3 is 0 Å². The van der Waals surface area contributed by atoms with Crippen LogP contribution in [0.4, 0.5) is 0 Å². The molecule has 8 nitrogen and oxygen atoms in total. The number of amides is 3. The van der Waals surface area contributed by atoms with Crippen molar-refractivity contribution < 1.29 is 19.2 Å². The van der Waals surface area contributed by atoms with Crippen molar-refractivity contribution in [2.75, 3.05) is 13.1 Å². The van der Waals surface area contributed by atoms with E-state index >= 15 is 0 Å². The first kappa shape index (κ1) is 19.5. The zero-order chi connectivity index (χ0) is 20.6. The van der Waals surface area contributed by atoms with E-state index in [1.807, 2.05) is 6.07 Å². The lowest BCUT2D eigenvalue weighted by Gasteiger charge is -2.37. The van der Waals surface area contributed by atoms with Gasteiger partial charge in [-0.25, -0.2) is 0 Å². The molecule has 154 valence electrons. The first-order valence-electron chi connectivity index (χ1n) is 10.3. The molecule has 2 atom stereocenters. The van der Waals surface area contributed by atoms with Crippen molar-refractivity contribution in [2.24, 2.45) is 11.1 Å². The summed E-state index contributed by atoms with van der Waals surface area (Å²) in [6.45, 7) is 0.368. The molecule has 0 radical (unpaired) electrons. The molecule has 1 saturated carbocycles. The molecule has 2 aliphatic heterocycles. The number of rotatable bonds is 4. The van der Waals surface area contributed by atoms with Gasteiger partial charge in [-0.2, -0.15) is 0 Å². The summed E-state index contributed by atoms with van der Waals surface area (Å²) in [7, 11) is 0. The smallest absolute Gasteiger partial charge is 0.238 e. The van der Waals surface area contributed by atoms with E-state index < -0.39 is 17.4 Å². The Morgan fingerprint density at radius 1 is 1.17 bits per heavy atom. The summed E-state index contributed by atoms with van der Waals surface area (Å²) in [5.74, 6) is -1.21. The van der Waals surface area contributed by atoms with Crippen LogP contribution in [-0.4, -0.2) is 63.5 Å². The number of carbonyl (C=O) groups excluding carboxylic acids is 4. The van der Waals surface area contributed by atoms with Crippen molar-refractivity contribution in [3.05, 3.63) is 30.1 Å². The van der Waals surface area contributed by atoms with Crippen molar-refractivity contribution >= 4 is 23.5 Å². The van der Waals surface area contributed by atoms with Crippen LogP contribution < -0.4 is 5.73 Å². The molecule has 3 amide bonds. The third-order valence-electron chi connectivity index (χ3n) is 6.67. The van der Waals surface area contributed by atoms with Gasteiger partial charge in [0, 0.05) is 18.9 Å². The second-order valence-corrected chi connectivity index (χ2v) is 8.33. The second-order valence-electron chi connectivity index (χ2n) is 8.33. The molecule has 4 rings (SSSR count). The van der Waals surface area contributed by atoms with Gasteiger partial charge in [-0.05, 0) is 30.9 Å². The van der Waals surface area contributed by atoms with Gasteiger partial charge in [0.05, 0.1) is 19.0 Å². The van der Waals surface area contributed by atoms with E-state index in [2.05, 4.69) is 4.98 Å². The lowest BCUT2D eigenvalue weighted by molar-refractivity contribution is -0.154. The van der Waals surface area contributed by atoms with Gasteiger partial charge in [-0.3, -0.25) is 24.2 Å². The molecule has 1 aliphatic carbocycles. The van der Waals surface area contributed by atoms with E-state index in [0.717, 1.165) is 24.8 Å². The minimum absolute atomic E-state index is 0.00177. The Hall–Kier alpha value is -2.77. The zero-order valence-electron chi connectivity index (χ0n) is 16.4. The van der Waals surface area contributed by atoms with E-state index in [1.54, 1.807) is 23.4 Å². The van der Waals surface area contributed by atoms with Crippen molar-refractivity contribution in [3.8, 4) is 0 Å². The van der Waals surface area contributed by atoms with Crippen molar-refractivity contribution in [1.82, 2.24) is 14.8 Å². The summed E-state index contributed by atoms with van der Waals surface area (Å²) in [6, 6.07) is 2.59. The van der Waals surface area contributed by atoms with Crippen LogP contribution in [0.2, 0.25) is 0 Å². The summed E-state index contributed by atoms with van der Waals surface area (Å²) >= 11 is 0. The van der Waals surface area contributed by atoms with E-state index in [9.17, 15) is 19.2 Å². The van der Waals surface area contributed by atoms with Gasteiger partial charge in [0.15, 0.2) is 5.78 Å². The Labute approximate surface area is 169 Å². The minimum atomic E-state index is -1.21. The number of hydrogen-bond donors (Lipinski definition) is 1. The zero-order valence-corrected chi connectivity index (χ0v) is 16.4. The van der Waals surface area contributed by atoms with Gasteiger partial charge in [0.1, 0.15) is 11.5 Å². The predicted octanol–water partition coefficient (Wildman–Crippen LogP) is 0.441. The normalized spacial score (nSPS) is 25.7. The first-order chi connectivity index (χ1) is 13.9. The van der Waals surface area contributed by atoms with E-state index in [0.29, 0.717) is 25.8 Å². The highest BCUT2D eigenvalue weighted by molar-refractivity contribution is 6.07. The van der Waals surface area contributed by atoms with Gasteiger partial charge in [0.2, 0.25) is 17.7 Å².